The molecule has 130 valence electrons. The summed E-state index contributed by atoms with van der Waals surface area (Å²) in [4.78, 5) is 12.5. The summed E-state index contributed by atoms with van der Waals surface area (Å²) in [5, 5.41) is 4.54. The minimum absolute atomic E-state index is 0.319. The molecular formula is C19H23N5O. The van der Waals surface area contributed by atoms with E-state index in [1.54, 1.807) is 7.11 Å². The van der Waals surface area contributed by atoms with Gasteiger partial charge in [0.15, 0.2) is 0 Å². The fourth-order valence-corrected chi connectivity index (χ4v) is 3.37. The van der Waals surface area contributed by atoms with Crippen LogP contribution in [-0.4, -0.2) is 28.1 Å². The molecule has 1 fully saturated rings. The number of nitrogens with one attached hydrogen (secondary N) is 2. The molecule has 1 saturated carbocycles. The van der Waals surface area contributed by atoms with Crippen LogP contribution in [0.15, 0.2) is 30.3 Å². The summed E-state index contributed by atoms with van der Waals surface area (Å²) in [5.41, 5.74) is 9.20. The van der Waals surface area contributed by atoms with E-state index in [0.29, 0.717) is 18.5 Å². The lowest BCUT2D eigenvalue weighted by Crippen LogP contribution is -2.35. The monoisotopic (exact) mass is 337 g/mol. The van der Waals surface area contributed by atoms with Gasteiger partial charge in [-0.3, -0.25) is 0 Å². The van der Waals surface area contributed by atoms with Gasteiger partial charge in [-0.2, -0.15) is 0 Å². The zero-order valence-electron chi connectivity index (χ0n) is 14.5. The molecule has 2 heterocycles. The molecule has 0 saturated heterocycles. The molecule has 4 rings (SSSR count). The molecule has 25 heavy (non-hydrogen) atoms. The zero-order chi connectivity index (χ0) is 17.4. The molecule has 1 aliphatic rings. The molecule has 0 unspecified atom stereocenters. The van der Waals surface area contributed by atoms with Crippen molar-refractivity contribution in [2.75, 3.05) is 12.4 Å². The van der Waals surface area contributed by atoms with Crippen molar-refractivity contribution in [3.63, 3.8) is 0 Å². The van der Waals surface area contributed by atoms with E-state index in [4.69, 9.17) is 10.5 Å². The van der Waals surface area contributed by atoms with Crippen LogP contribution in [0.4, 0.5) is 5.82 Å². The third-order valence-electron chi connectivity index (χ3n) is 4.79. The first kappa shape index (κ1) is 15.9. The van der Waals surface area contributed by atoms with Gasteiger partial charge in [0, 0.05) is 40.3 Å². The number of ether oxygens (including phenoxy) is 1. The number of hydrogen-bond donors (Lipinski definition) is 3. The molecule has 0 spiro atoms. The van der Waals surface area contributed by atoms with E-state index < -0.39 is 0 Å². The SMILES string of the molecule is COc1ccc2[nH]c(CNc3cc(C4CC(N)C4)nc(C)n3)cc2c1. The van der Waals surface area contributed by atoms with Crippen LogP contribution in [0.25, 0.3) is 10.9 Å². The Balaban J connectivity index is 1.49. The van der Waals surface area contributed by atoms with Gasteiger partial charge in [0.1, 0.15) is 17.4 Å². The molecule has 1 aromatic carbocycles. The molecular weight excluding hydrogens is 314 g/mol. The fraction of sp³-hybridized carbons (Fsp3) is 0.368. The lowest BCUT2D eigenvalue weighted by Gasteiger charge is -2.32. The minimum atomic E-state index is 0.319. The first-order chi connectivity index (χ1) is 12.1. The maximum Gasteiger partial charge on any atom is 0.130 e. The number of nitrogens with two attached hydrogens (primary N) is 1. The highest BCUT2D eigenvalue weighted by Crippen LogP contribution is 2.35. The zero-order valence-corrected chi connectivity index (χ0v) is 14.5. The summed E-state index contributed by atoms with van der Waals surface area (Å²) in [6.45, 7) is 2.61. The summed E-state index contributed by atoms with van der Waals surface area (Å²) >= 11 is 0. The molecule has 0 aliphatic heterocycles. The van der Waals surface area contributed by atoms with Crippen LogP contribution in [0.3, 0.4) is 0 Å². The van der Waals surface area contributed by atoms with Crippen molar-refractivity contribution in [1.82, 2.24) is 15.0 Å². The van der Waals surface area contributed by atoms with Gasteiger partial charge in [-0.25, -0.2) is 9.97 Å². The van der Waals surface area contributed by atoms with E-state index in [1.807, 2.05) is 25.1 Å². The number of aromatic nitrogens is 3. The highest BCUT2D eigenvalue weighted by atomic mass is 16.5. The molecule has 2 aromatic heterocycles. The van der Waals surface area contributed by atoms with E-state index in [-0.39, 0.29) is 0 Å². The quantitative estimate of drug-likeness (QED) is 0.666. The standard InChI is InChI=1S/C19H23N5O/c1-11-22-18(12-5-14(20)6-12)9-19(23-11)21-10-15-7-13-8-16(25-2)3-4-17(13)24-15/h3-4,7-9,12,14,24H,5-6,10,20H2,1-2H3,(H,21,22,23). The number of fused-ring (bicyclic) bond motifs is 1. The normalized spacial score (nSPS) is 19.6. The van der Waals surface area contributed by atoms with E-state index in [1.165, 1.54) is 0 Å². The van der Waals surface area contributed by atoms with Gasteiger partial charge in [-0.1, -0.05) is 0 Å². The van der Waals surface area contributed by atoms with Crippen LogP contribution < -0.4 is 15.8 Å². The first-order valence-corrected chi connectivity index (χ1v) is 8.61. The molecule has 6 heteroatoms. The maximum absolute atomic E-state index is 5.90. The van der Waals surface area contributed by atoms with Crippen molar-refractivity contribution in [1.29, 1.82) is 0 Å². The number of nitrogens with zero attached hydrogens (tertiary/aromatic N) is 2. The number of H-pyrrole nitrogens is 1. The predicted molar refractivity (Wildman–Crippen MR) is 98.9 cm³/mol. The van der Waals surface area contributed by atoms with Gasteiger partial charge < -0.3 is 20.8 Å². The highest BCUT2D eigenvalue weighted by molar-refractivity contribution is 5.82. The smallest absolute Gasteiger partial charge is 0.130 e. The second-order valence-electron chi connectivity index (χ2n) is 6.75. The van der Waals surface area contributed by atoms with Gasteiger partial charge in [0.2, 0.25) is 0 Å². The van der Waals surface area contributed by atoms with Crippen LogP contribution >= 0.6 is 0 Å². The Kier molecular flexibility index (Phi) is 4.05. The molecule has 4 N–H and O–H groups in total. The molecule has 0 atom stereocenters. The van der Waals surface area contributed by atoms with Gasteiger partial charge in [-0.15, -0.1) is 0 Å². The molecule has 0 radical (unpaired) electrons. The Bertz CT molecular complexity index is 898. The molecule has 0 bridgehead atoms. The fourth-order valence-electron chi connectivity index (χ4n) is 3.37. The number of methoxy groups -OCH3 is 1. The van der Waals surface area contributed by atoms with Crippen molar-refractivity contribution in [2.24, 2.45) is 5.73 Å². The Morgan fingerprint density at radius 3 is 2.84 bits per heavy atom. The number of hydrogen-bond acceptors (Lipinski definition) is 5. The van der Waals surface area contributed by atoms with Crippen molar-refractivity contribution < 1.29 is 4.74 Å². The molecule has 1 aliphatic carbocycles. The number of anilines is 1. The third-order valence-corrected chi connectivity index (χ3v) is 4.79. The second-order valence-corrected chi connectivity index (χ2v) is 6.75. The molecule has 6 nitrogen and oxygen atoms in total. The average Bonchev–Trinajstić information content (AvgIpc) is 2.98. The van der Waals surface area contributed by atoms with E-state index in [0.717, 1.165) is 52.5 Å². The number of aromatic amines is 1. The highest BCUT2D eigenvalue weighted by Gasteiger charge is 2.28. The van der Waals surface area contributed by atoms with Crippen molar-refractivity contribution in [2.45, 2.75) is 38.3 Å². The van der Waals surface area contributed by atoms with Gasteiger partial charge in [0.25, 0.3) is 0 Å². The van der Waals surface area contributed by atoms with Crippen molar-refractivity contribution >= 4 is 16.7 Å². The largest absolute Gasteiger partial charge is 0.497 e. The minimum Gasteiger partial charge on any atom is -0.497 e. The number of rotatable bonds is 5. The third kappa shape index (κ3) is 3.30. The van der Waals surface area contributed by atoms with E-state index in [2.05, 4.69) is 32.4 Å². The van der Waals surface area contributed by atoms with Crippen molar-refractivity contribution in [3.05, 3.63) is 47.5 Å². The van der Waals surface area contributed by atoms with Crippen LogP contribution in [0, 0.1) is 6.92 Å². The second kappa shape index (κ2) is 6.37. The van der Waals surface area contributed by atoms with Crippen LogP contribution in [0.5, 0.6) is 5.75 Å². The lowest BCUT2D eigenvalue weighted by molar-refractivity contribution is 0.344. The van der Waals surface area contributed by atoms with Crippen LogP contribution in [-0.2, 0) is 6.54 Å². The van der Waals surface area contributed by atoms with Crippen LogP contribution in [0.2, 0.25) is 0 Å². The average molecular weight is 337 g/mol. The first-order valence-electron chi connectivity index (χ1n) is 8.61. The summed E-state index contributed by atoms with van der Waals surface area (Å²) in [5.74, 6) is 2.99. The van der Waals surface area contributed by atoms with Gasteiger partial charge in [-0.05, 0) is 44.0 Å². The topological polar surface area (TPSA) is 88.8 Å². The Morgan fingerprint density at radius 1 is 1.24 bits per heavy atom. The summed E-state index contributed by atoms with van der Waals surface area (Å²) in [7, 11) is 1.68. The lowest BCUT2D eigenvalue weighted by atomic mass is 9.78. The predicted octanol–water partition coefficient (Wildman–Crippen LogP) is 3.09. The van der Waals surface area contributed by atoms with E-state index >= 15 is 0 Å². The number of aryl methyl sites for hydroxylation is 1. The summed E-state index contributed by atoms with van der Waals surface area (Å²) in [6.07, 6.45) is 2.03. The summed E-state index contributed by atoms with van der Waals surface area (Å²) < 4.78 is 5.28. The molecule has 3 aromatic rings. The van der Waals surface area contributed by atoms with Gasteiger partial charge >= 0.3 is 0 Å². The number of benzene rings is 1. The Morgan fingerprint density at radius 2 is 2.08 bits per heavy atom. The van der Waals surface area contributed by atoms with E-state index in [9.17, 15) is 0 Å². The summed E-state index contributed by atoms with van der Waals surface area (Å²) in [6, 6.07) is 10.5. The van der Waals surface area contributed by atoms with Crippen molar-refractivity contribution in [3.8, 4) is 5.75 Å². The van der Waals surface area contributed by atoms with Gasteiger partial charge in [0.05, 0.1) is 13.7 Å². The maximum atomic E-state index is 5.90. The Labute approximate surface area is 146 Å². The Hall–Kier alpha value is -2.60. The molecule has 0 amide bonds. The van der Waals surface area contributed by atoms with Crippen LogP contribution in [0.1, 0.15) is 36.0 Å².